The molecule has 15 heteroatoms. The first-order valence-corrected chi connectivity index (χ1v) is 26.2. The summed E-state index contributed by atoms with van der Waals surface area (Å²) in [5.74, 6) is 1.41. The van der Waals surface area contributed by atoms with E-state index in [-0.39, 0.29) is 44.0 Å². The van der Waals surface area contributed by atoms with Crippen LogP contribution in [0.25, 0.3) is 0 Å². The second-order valence-corrected chi connectivity index (χ2v) is 20.0. The van der Waals surface area contributed by atoms with Crippen LogP contribution >= 0.6 is 8.53 Å². The molecule has 1 amide bonds. The van der Waals surface area contributed by atoms with Crippen LogP contribution in [0.4, 0.5) is 0 Å². The van der Waals surface area contributed by atoms with Crippen molar-refractivity contribution in [2.75, 3.05) is 33.5 Å². The maximum Gasteiger partial charge on any atom is 0.330 e. The van der Waals surface area contributed by atoms with Crippen molar-refractivity contribution in [2.24, 2.45) is 0 Å². The van der Waals surface area contributed by atoms with E-state index < -0.39 is 43.8 Å². The van der Waals surface area contributed by atoms with E-state index in [0.29, 0.717) is 30.0 Å². The number of nitriles is 1. The number of carbonyl (C=O) groups excluding carboxylic acids is 1. The first-order chi connectivity index (χ1) is 33.8. The van der Waals surface area contributed by atoms with E-state index in [1.165, 1.54) is 49.3 Å². The van der Waals surface area contributed by atoms with E-state index in [1.54, 1.807) is 21.0 Å². The van der Waals surface area contributed by atoms with Crippen molar-refractivity contribution in [1.29, 1.82) is 5.26 Å². The number of carbonyl (C=O) groups is 1. The number of unbranched alkanes of at least 4 members (excludes halogenated alkanes) is 9. The number of nitrogens with zero attached hydrogens (tertiary/aromatic N) is 3. The lowest BCUT2D eigenvalue weighted by molar-refractivity contribution is -0.117. The fraction of sp³-hybridized carbons (Fsp3) is 0.527. The number of methoxy groups -OCH3 is 1. The van der Waals surface area contributed by atoms with Crippen LogP contribution in [0.5, 0.6) is 11.5 Å². The third-order valence-electron chi connectivity index (χ3n) is 12.4. The Morgan fingerprint density at radius 2 is 1.44 bits per heavy atom. The van der Waals surface area contributed by atoms with Crippen molar-refractivity contribution in [1.82, 2.24) is 19.5 Å². The summed E-state index contributed by atoms with van der Waals surface area (Å²) < 4.78 is 42.9. The monoisotopic (exact) mass is 982 g/mol. The quantitative estimate of drug-likeness (QED) is 0.0213. The Bertz CT molecular complexity index is 2360. The van der Waals surface area contributed by atoms with Crippen LogP contribution in [-0.4, -0.2) is 77.9 Å². The van der Waals surface area contributed by atoms with Crippen LogP contribution in [0, 0.1) is 18.3 Å². The first-order valence-electron chi connectivity index (χ1n) is 25.0. The number of aromatic amines is 1. The third-order valence-corrected chi connectivity index (χ3v) is 14.6. The van der Waals surface area contributed by atoms with Gasteiger partial charge in [-0.15, -0.1) is 0 Å². The molecular formula is C55H76N5O9P. The normalized spacial score (nSPS) is 17.1. The van der Waals surface area contributed by atoms with Gasteiger partial charge in [0.2, 0.25) is 5.91 Å². The zero-order valence-corrected chi connectivity index (χ0v) is 43.3. The Morgan fingerprint density at radius 3 is 2.01 bits per heavy atom. The minimum atomic E-state index is -1.69. The fourth-order valence-electron chi connectivity index (χ4n) is 8.77. The average Bonchev–Trinajstić information content (AvgIpc) is 3.75. The second kappa shape index (κ2) is 28.7. The molecule has 2 heterocycles. The molecule has 1 saturated heterocycles. The predicted octanol–water partition coefficient (Wildman–Crippen LogP) is 10.8. The summed E-state index contributed by atoms with van der Waals surface area (Å²) in [5, 5.41) is 12.3. The largest absolute Gasteiger partial charge is 0.497 e. The molecule has 0 aliphatic carbocycles. The number of aryl methyl sites for hydroxylation is 1. The standard InChI is InChI=1S/C55H76N5O9P/c1-40(2)52(61)57-34-20-15-13-11-9-10-12-14-16-21-35-65-48-31-27-46(28-32-48)55(44-23-18-17-19-24-44,45-25-29-47(64-8)30-26-45)66-39-50-49(37-51(68-50)59-38-43(7)53(62)58-54(59)63)69-70(67-36-22-33-56)60(41(3)4)42(5)6/h17-19,23-32,38,41-42,49-51H,1,9-16,20-22,34-37,39H2,2-8H3,(H,57,61)(H,58,62,63)/t49-,50+,51+,55?,70?/m0/s1. The molecule has 0 radical (unpaired) electrons. The molecule has 0 bridgehead atoms. The van der Waals surface area contributed by atoms with Gasteiger partial charge < -0.3 is 33.3 Å². The molecule has 3 aromatic carbocycles. The van der Waals surface area contributed by atoms with Gasteiger partial charge >= 0.3 is 5.69 Å². The zero-order valence-electron chi connectivity index (χ0n) is 42.5. The number of ether oxygens (including phenoxy) is 4. The summed E-state index contributed by atoms with van der Waals surface area (Å²) in [4.78, 5) is 39.8. The van der Waals surface area contributed by atoms with E-state index in [9.17, 15) is 19.6 Å². The number of aromatic nitrogens is 2. The predicted molar refractivity (Wildman–Crippen MR) is 276 cm³/mol. The van der Waals surface area contributed by atoms with Gasteiger partial charge in [0, 0.05) is 42.4 Å². The third kappa shape index (κ3) is 15.9. The van der Waals surface area contributed by atoms with Gasteiger partial charge in [0.15, 0.2) is 0 Å². The summed E-state index contributed by atoms with van der Waals surface area (Å²) in [5.41, 5.74) is 1.31. The van der Waals surface area contributed by atoms with Gasteiger partial charge in [-0.05, 0) is 95.3 Å². The highest BCUT2D eigenvalue weighted by Crippen LogP contribution is 2.50. The van der Waals surface area contributed by atoms with Crippen molar-refractivity contribution in [3.8, 4) is 17.6 Å². The summed E-state index contributed by atoms with van der Waals surface area (Å²) in [6.45, 7) is 16.9. The van der Waals surface area contributed by atoms with Crippen molar-refractivity contribution in [2.45, 2.75) is 155 Å². The highest BCUT2D eigenvalue weighted by atomic mass is 31.2. The highest BCUT2D eigenvalue weighted by Gasteiger charge is 2.45. The van der Waals surface area contributed by atoms with Crippen molar-refractivity contribution in [3.05, 3.63) is 140 Å². The van der Waals surface area contributed by atoms with Crippen molar-refractivity contribution in [3.63, 3.8) is 0 Å². The molecule has 1 aliphatic rings. The molecule has 0 spiro atoms. The molecule has 70 heavy (non-hydrogen) atoms. The maximum absolute atomic E-state index is 13.3. The van der Waals surface area contributed by atoms with E-state index in [1.807, 2.05) is 78.9 Å². The van der Waals surface area contributed by atoms with Gasteiger partial charge in [0.05, 0.1) is 45.5 Å². The van der Waals surface area contributed by atoms with Crippen LogP contribution in [0.3, 0.4) is 0 Å². The number of H-pyrrole nitrogens is 1. The first kappa shape index (κ1) is 55.8. The number of benzene rings is 3. The molecule has 5 rings (SSSR count). The summed E-state index contributed by atoms with van der Waals surface area (Å²) in [6.07, 6.45) is 11.4. The molecule has 5 atom stereocenters. The SMILES string of the molecule is C=C(C)C(=O)NCCCCCCCCCCCCOc1ccc(C(OC[C@H]2O[C@@H](n3cc(C)c(=O)[nH]c3=O)C[C@@H]2OP(OCCC#N)N(C(C)C)C(C)C)(c2ccccc2)c2ccc(OC)cc2)cc1. The molecule has 2 unspecified atom stereocenters. The van der Waals surface area contributed by atoms with E-state index in [0.717, 1.165) is 48.1 Å². The van der Waals surface area contributed by atoms with Crippen molar-refractivity contribution >= 4 is 14.4 Å². The number of amides is 1. The molecule has 380 valence electrons. The lowest BCUT2D eigenvalue weighted by Crippen LogP contribution is -2.39. The molecule has 0 saturated carbocycles. The van der Waals surface area contributed by atoms with Crippen LogP contribution in [0.2, 0.25) is 0 Å². The summed E-state index contributed by atoms with van der Waals surface area (Å²) in [7, 11) is -0.0564. The van der Waals surface area contributed by atoms with Crippen LogP contribution in [-0.2, 0) is 28.9 Å². The minimum Gasteiger partial charge on any atom is -0.497 e. The van der Waals surface area contributed by atoms with Gasteiger partial charge in [-0.1, -0.05) is 113 Å². The lowest BCUT2D eigenvalue weighted by Gasteiger charge is -2.39. The average molecular weight is 982 g/mol. The van der Waals surface area contributed by atoms with E-state index >= 15 is 0 Å². The van der Waals surface area contributed by atoms with Crippen LogP contribution < -0.4 is 26.0 Å². The summed E-state index contributed by atoms with van der Waals surface area (Å²) in [6, 6.07) is 28.2. The van der Waals surface area contributed by atoms with Gasteiger partial charge in [-0.25, -0.2) is 9.46 Å². The number of hydrogen-bond acceptors (Lipinski definition) is 11. The maximum atomic E-state index is 13.3. The number of nitrogens with one attached hydrogen (secondary N) is 2. The highest BCUT2D eigenvalue weighted by molar-refractivity contribution is 7.44. The Kier molecular flexibility index (Phi) is 22.8. The van der Waals surface area contributed by atoms with Crippen LogP contribution in [0.1, 0.15) is 140 Å². The van der Waals surface area contributed by atoms with E-state index in [2.05, 4.69) is 55.3 Å². The number of hydrogen-bond donors (Lipinski definition) is 2. The minimum absolute atomic E-state index is 0.0270. The molecule has 1 aromatic heterocycles. The Balaban J connectivity index is 1.34. The Hall–Kier alpha value is -5.13. The Labute approximate surface area is 416 Å². The molecular weight excluding hydrogens is 906 g/mol. The molecule has 2 N–H and O–H groups in total. The zero-order chi connectivity index (χ0) is 50.5. The lowest BCUT2D eigenvalue weighted by atomic mass is 9.80. The van der Waals surface area contributed by atoms with Gasteiger partial charge in [0.25, 0.3) is 14.1 Å². The van der Waals surface area contributed by atoms with Gasteiger partial charge in [0.1, 0.15) is 29.4 Å². The molecule has 14 nitrogen and oxygen atoms in total. The second-order valence-electron chi connectivity index (χ2n) is 18.6. The molecule has 1 fully saturated rings. The number of rotatable bonds is 31. The van der Waals surface area contributed by atoms with Crippen LogP contribution in [0.15, 0.2) is 107 Å². The van der Waals surface area contributed by atoms with Gasteiger partial charge in [-0.2, -0.15) is 5.26 Å². The molecule has 4 aromatic rings. The Morgan fingerprint density at radius 1 is 0.871 bits per heavy atom. The van der Waals surface area contributed by atoms with Gasteiger partial charge in [-0.3, -0.25) is 19.1 Å². The smallest absolute Gasteiger partial charge is 0.330 e. The van der Waals surface area contributed by atoms with E-state index in [4.69, 9.17) is 28.0 Å². The van der Waals surface area contributed by atoms with Crippen molar-refractivity contribution < 1.29 is 32.8 Å². The molecule has 1 aliphatic heterocycles. The summed E-state index contributed by atoms with van der Waals surface area (Å²) >= 11 is 0. The fourth-order valence-corrected chi connectivity index (χ4v) is 10.5. The topological polar surface area (TPSA) is 166 Å².